The first kappa shape index (κ1) is 24.3. The summed E-state index contributed by atoms with van der Waals surface area (Å²) in [7, 11) is -3.80. The van der Waals surface area contributed by atoms with E-state index in [9.17, 15) is 13.2 Å². The number of carbonyl (C=O) groups is 1. The van der Waals surface area contributed by atoms with Crippen LogP contribution in [0.5, 0.6) is 0 Å². The van der Waals surface area contributed by atoms with Gasteiger partial charge in [-0.3, -0.25) is 9.48 Å². The molecule has 0 radical (unpaired) electrons. The summed E-state index contributed by atoms with van der Waals surface area (Å²) in [5, 5.41) is 10.6. The van der Waals surface area contributed by atoms with Gasteiger partial charge in [0, 0.05) is 19.3 Å². The molecule has 0 fully saturated rings. The van der Waals surface area contributed by atoms with Crippen molar-refractivity contribution in [2.75, 3.05) is 36.6 Å². The molecule has 3 heterocycles. The molecule has 0 aliphatic carbocycles. The first-order valence-corrected chi connectivity index (χ1v) is 12.4. The number of fused-ring (bicyclic) bond motifs is 1. The van der Waals surface area contributed by atoms with Crippen molar-refractivity contribution in [1.29, 1.82) is 0 Å². The Morgan fingerprint density at radius 2 is 2.03 bits per heavy atom. The summed E-state index contributed by atoms with van der Waals surface area (Å²) in [6.45, 7) is 7.57. The van der Waals surface area contributed by atoms with Gasteiger partial charge in [-0.15, -0.1) is 0 Å². The summed E-state index contributed by atoms with van der Waals surface area (Å²) in [5.41, 5.74) is 1.50. The average molecular weight is 477 g/mol. The second kappa shape index (κ2) is 10.5. The van der Waals surface area contributed by atoms with Crippen molar-refractivity contribution in [3.05, 3.63) is 29.6 Å². The van der Waals surface area contributed by atoms with Gasteiger partial charge in [0.2, 0.25) is 16.0 Å². The molecule has 0 atom stereocenters. The van der Waals surface area contributed by atoms with Crippen LogP contribution >= 0.6 is 0 Å². The molecule has 178 valence electrons. The number of aromatic nitrogens is 5. The van der Waals surface area contributed by atoms with Gasteiger partial charge in [-0.05, 0) is 38.0 Å². The second-order valence-electron chi connectivity index (χ2n) is 7.34. The summed E-state index contributed by atoms with van der Waals surface area (Å²) in [6, 6.07) is 3.72. The number of carbonyl (C=O) groups excluding carboxylic acids is 1. The van der Waals surface area contributed by atoms with E-state index in [0.717, 1.165) is 18.2 Å². The summed E-state index contributed by atoms with van der Waals surface area (Å²) in [5.74, 6) is 0.324. The Labute approximate surface area is 192 Å². The molecule has 0 unspecified atom stereocenters. The molecule has 3 N–H and O–H groups in total. The van der Waals surface area contributed by atoms with Gasteiger partial charge < -0.3 is 15.4 Å². The Morgan fingerprint density at radius 1 is 1.24 bits per heavy atom. The molecular formula is C20H28N8O4S. The first-order chi connectivity index (χ1) is 15.7. The molecule has 1 amide bonds. The van der Waals surface area contributed by atoms with Crippen molar-refractivity contribution in [2.45, 2.75) is 33.7 Å². The molecule has 0 bridgehead atoms. The molecule has 33 heavy (non-hydrogen) atoms. The van der Waals surface area contributed by atoms with E-state index in [1.165, 1.54) is 4.68 Å². The van der Waals surface area contributed by atoms with Crippen LogP contribution in [-0.4, -0.2) is 65.1 Å². The highest BCUT2D eigenvalue weighted by Crippen LogP contribution is 2.27. The Hall–Kier alpha value is -3.32. The predicted octanol–water partition coefficient (Wildman–Crippen LogP) is 1.82. The Bertz CT molecular complexity index is 1240. The van der Waals surface area contributed by atoms with Gasteiger partial charge in [-0.25, -0.2) is 23.1 Å². The molecule has 0 saturated carbocycles. The van der Waals surface area contributed by atoms with Crippen LogP contribution in [0.2, 0.25) is 0 Å². The largest absolute Gasteiger partial charge is 0.380 e. The van der Waals surface area contributed by atoms with E-state index in [0.29, 0.717) is 43.5 Å². The number of nitrogens with one attached hydrogen (secondary N) is 3. The SMILES string of the molecule is CCCNc1nc(Nc2cc(C)ccn2)c2c(n1)c(C(=O)NS(C)(=O)=O)nn2CCOCC. The van der Waals surface area contributed by atoms with Gasteiger partial charge in [-0.1, -0.05) is 6.92 Å². The molecule has 0 aliphatic rings. The van der Waals surface area contributed by atoms with Gasteiger partial charge in [0.25, 0.3) is 5.91 Å². The van der Waals surface area contributed by atoms with Crippen LogP contribution < -0.4 is 15.4 Å². The minimum Gasteiger partial charge on any atom is -0.380 e. The smallest absolute Gasteiger partial charge is 0.287 e. The molecule has 3 aromatic rings. The highest BCUT2D eigenvalue weighted by Gasteiger charge is 2.25. The highest BCUT2D eigenvalue weighted by atomic mass is 32.2. The lowest BCUT2D eigenvalue weighted by atomic mass is 10.3. The number of sulfonamides is 1. The van der Waals surface area contributed by atoms with Crippen LogP contribution in [0.15, 0.2) is 18.3 Å². The average Bonchev–Trinajstić information content (AvgIpc) is 3.10. The topological polar surface area (TPSA) is 153 Å². The lowest BCUT2D eigenvalue weighted by Crippen LogP contribution is -2.30. The van der Waals surface area contributed by atoms with Crippen molar-refractivity contribution in [1.82, 2.24) is 29.5 Å². The molecule has 0 spiro atoms. The lowest BCUT2D eigenvalue weighted by Gasteiger charge is -2.12. The summed E-state index contributed by atoms with van der Waals surface area (Å²) in [6.07, 6.45) is 3.40. The van der Waals surface area contributed by atoms with Crippen LogP contribution in [-0.2, 0) is 21.3 Å². The monoisotopic (exact) mass is 476 g/mol. The number of pyridine rings is 1. The molecular weight excluding hydrogens is 448 g/mol. The van der Waals surface area contributed by atoms with E-state index in [1.807, 2.05) is 37.6 Å². The Morgan fingerprint density at radius 3 is 2.70 bits per heavy atom. The van der Waals surface area contributed by atoms with Crippen molar-refractivity contribution < 1.29 is 17.9 Å². The van der Waals surface area contributed by atoms with Gasteiger partial charge in [0.1, 0.15) is 16.9 Å². The number of ether oxygens (including phenoxy) is 1. The Balaban J connectivity index is 2.18. The van der Waals surface area contributed by atoms with Crippen LogP contribution in [0.1, 0.15) is 36.3 Å². The van der Waals surface area contributed by atoms with E-state index < -0.39 is 15.9 Å². The van der Waals surface area contributed by atoms with E-state index in [-0.39, 0.29) is 17.2 Å². The number of nitrogens with zero attached hydrogens (tertiary/aromatic N) is 5. The van der Waals surface area contributed by atoms with Crippen LogP contribution in [0.3, 0.4) is 0 Å². The van der Waals surface area contributed by atoms with Crippen LogP contribution in [0.4, 0.5) is 17.6 Å². The minimum absolute atomic E-state index is 0.130. The van der Waals surface area contributed by atoms with E-state index >= 15 is 0 Å². The van der Waals surface area contributed by atoms with Gasteiger partial charge in [0.05, 0.1) is 19.4 Å². The van der Waals surface area contributed by atoms with Gasteiger partial charge >= 0.3 is 0 Å². The zero-order chi connectivity index (χ0) is 24.0. The maximum absolute atomic E-state index is 12.7. The molecule has 0 aliphatic heterocycles. The summed E-state index contributed by atoms with van der Waals surface area (Å²) < 4.78 is 32.3. The van der Waals surface area contributed by atoms with Crippen molar-refractivity contribution in [3.63, 3.8) is 0 Å². The molecule has 0 saturated heterocycles. The lowest BCUT2D eigenvalue weighted by molar-refractivity contribution is 0.0975. The normalized spacial score (nSPS) is 11.5. The van der Waals surface area contributed by atoms with E-state index in [4.69, 9.17) is 4.74 Å². The maximum Gasteiger partial charge on any atom is 0.287 e. The summed E-state index contributed by atoms with van der Waals surface area (Å²) in [4.78, 5) is 26.1. The number of anilines is 3. The zero-order valence-electron chi connectivity index (χ0n) is 19.0. The van der Waals surface area contributed by atoms with Crippen LogP contribution in [0, 0.1) is 6.92 Å². The van der Waals surface area contributed by atoms with E-state index in [1.54, 1.807) is 6.20 Å². The third-order valence-corrected chi connectivity index (χ3v) is 4.98. The van der Waals surface area contributed by atoms with Gasteiger partial charge in [0.15, 0.2) is 11.5 Å². The maximum atomic E-state index is 12.7. The third kappa shape index (κ3) is 6.35. The fraction of sp³-hybridized carbons (Fsp3) is 0.450. The molecule has 12 nitrogen and oxygen atoms in total. The zero-order valence-corrected chi connectivity index (χ0v) is 19.9. The number of amides is 1. The molecule has 0 aromatic carbocycles. The second-order valence-corrected chi connectivity index (χ2v) is 9.08. The number of rotatable bonds is 11. The Kier molecular flexibility index (Phi) is 7.76. The van der Waals surface area contributed by atoms with E-state index in [2.05, 4.69) is 30.7 Å². The molecule has 3 aromatic heterocycles. The van der Waals surface area contributed by atoms with Crippen LogP contribution in [0.25, 0.3) is 11.0 Å². The molecule has 13 heteroatoms. The van der Waals surface area contributed by atoms with Gasteiger partial charge in [-0.2, -0.15) is 10.1 Å². The third-order valence-electron chi connectivity index (χ3n) is 4.43. The number of aryl methyl sites for hydroxylation is 1. The van der Waals surface area contributed by atoms with Crippen molar-refractivity contribution >= 4 is 44.5 Å². The van der Waals surface area contributed by atoms with Crippen molar-refractivity contribution in [2.24, 2.45) is 0 Å². The fourth-order valence-electron chi connectivity index (χ4n) is 3.04. The standard InChI is InChI=1S/C20H28N8O4S/c1-5-8-22-20-24-15-16(19(29)27-33(4,30)31)26-28(10-11-32-6-2)17(15)18(25-20)23-14-12-13(3)7-9-21-14/h7,9,12H,5-6,8,10-11H2,1-4H3,(H,27,29)(H2,21,22,23,24,25). The highest BCUT2D eigenvalue weighted by molar-refractivity contribution is 7.89. The minimum atomic E-state index is -3.80. The summed E-state index contributed by atoms with van der Waals surface area (Å²) >= 11 is 0. The number of hydrogen-bond acceptors (Lipinski definition) is 10. The van der Waals surface area contributed by atoms with Crippen molar-refractivity contribution in [3.8, 4) is 0 Å². The number of hydrogen-bond donors (Lipinski definition) is 3. The molecule has 3 rings (SSSR count). The predicted molar refractivity (Wildman–Crippen MR) is 125 cm³/mol. The quantitative estimate of drug-likeness (QED) is 0.349. The first-order valence-electron chi connectivity index (χ1n) is 10.5. The fourth-order valence-corrected chi connectivity index (χ4v) is 3.47.